The molecule has 0 unspecified atom stereocenters. The van der Waals surface area contributed by atoms with E-state index in [0.29, 0.717) is 20.1 Å². The summed E-state index contributed by atoms with van der Waals surface area (Å²) < 4.78 is 3.11. The van der Waals surface area contributed by atoms with Crippen LogP contribution in [0.25, 0.3) is 11.1 Å². The van der Waals surface area contributed by atoms with Crippen molar-refractivity contribution in [3.8, 4) is 11.1 Å². The monoisotopic (exact) mass is 790 g/mol. The number of hydrogen-bond donors (Lipinski definition) is 0. The van der Waals surface area contributed by atoms with Gasteiger partial charge in [-0.3, -0.25) is 0 Å². The molecule has 0 heterocycles. The maximum atomic E-state index is 6.95. The Morgan fingerprint density at radius 3 is 1.44 bits per heavy atom. The van der Waals surface area contributed by atoms with Crippen molar-refractivity contribution in [3.05, 3.63) is 146 Å². The van der Waals surface area contributed by atoms with Crippen LogP contribution in [0.4, 0.5) is 0 Å². The first-order chi connectivity index (χ1) is 22.4. The fraction of sp³-hybridized carbons (Fsp3) is 0.326. The summed E-state index contributed by atoms with van der Waals surface area (Å²) in [5.41, 5.74) is 15.5. The maximum absolute atomic E-state index is 6.95. The van der Waals surface area contributed by atoms with Crippen LogP contribution in [0.3, 0.4) is 0 Å². The Morgan fingerprint density at radius 1 is 0.625 bits per heavy atom. The van der Waals surface area contributed by atoms with Crippen molar-refractivity contribution in [2.24, 2.45) is 0 Å². The van der Waals surface area contributed by atoms with Crippen LogP contribution in [0.5, 0.6) is 0 Å². The molecule has 0 aromatic heterocycles. The molecule has 0 nitrogen and oxygen atoms in total. The first-order valence-electron chi connectivity index (χ1n) is 16.7. The van der Waals surface area contributed by atoms with E-state index in [1.54, 1.807) is 0 Å². The summed E-state index contributed by atoms with van der Waals surface area (Å²) >= 11 is 24.5. The molecule has 48 heavy (non-hydrogen) atoms. The summed E-state index contributed by atoms with van der Waals surface area (Å²) in [5, 5.41) is 2.61. The van der Waals surface area contributed by atoms with Gasteiger partial charge in [-0.15, -0.1) is 0 Å². The SMILES string of the molecule is Cc1cc2c(cc1C(C)(C)C)-c1cc(C(C)(C)C)c(C)cc1[CH]2[Zr]([C]1=CC=CC1)=[C](c1cc(Cl)cc(Cl)c1C)c1cc(Cl)cc(Cl)c1C. The van der Waals surface area contributed by atoms with Gasteiger partial charge in [-0.05, 0) is 0 Å². The zero-order valence-electron chi connectivity index (χ0n) is 29.6. The van der Waals surface area contributed by atoms with Gasteiger partial charge in [0.1, 0.15) is 0 Å². The van der Waals surface area contributed by atoms with Gasteiger partial charge in [0.15, 0.2) is 0 Å². The molecule has 6 rings (SSSR count). The van der Waals surface area contributed by atoms with Gasteiger partial charge in [0.05, 0.1) is 0 Å². The molecule has 4 aromatic rings. The van der Waals surface area contributed by atoms with Crippen molar-refractivity contribution in [1.29, 1.82) is 0 Å². The first kappa shape index (κ1) is 36.1. The van der Waals surface area contributed by atoms with Gasteiger partial charge in [-0.25, -0.2) is 0 Å². The molecular weight excluding hydrogens is 750 g/mol. The molecule has 2 aliphatic carbocycles. The van der Waals surface area contributed by atoms with Gasteiger partial charge in [-0.2, -0.15) is 0 Å². The molecule has 0 bridgehead atoms. The average molecular weight is 794 g/mol. The molecule has 0 spiro atoms. The van der Waals surface area contributed by atoms with Crippen molar-refractivity contribution in [1.82, 2.24) is 0 Å². The second kappa shape index (κ2) is 13.1. The topological polar surface area (TPSA) is 0 Å². The van der Waals surface area contributed by atoms with E-state index >= 15 is 0 Å². The predicted molar refractivity (Wildman–Crippen MR) is 208 cm³/mol. The van der Waals surface area contributed by atoms with Crippen LogP contribution in [-0.2, 0) is 32.1 Å². The Morgan fingerprint density at radius 2 is 1.06 bits per heavy atom. The van der Waals surface area contributed by atoms with Crippen LogP contribution < -0.4 is 0 Å². The average Bonchev–Trinajstić information content (AvgIpc) is 3.60. The Hall–Kier alpha value is -1.73. The Balaban J connectivity index is 1.85. The van der Waals surface area contributed by atoms with Gasteiger partial charge >= 0.3 is 318 Å². The third kappa shape index (κ3) is 6.46. The summed E-state index contributed by atoms with van der Waals surface area (Å²) in [7, 11) is 0. The summed E-state index contributed by atoms with van der Waals surface area (Å²) in [4.78, 5) is 0. The molecule has 4 aromatic carbocycles. The number of allylic oxidation sites excluding steroid dienone is 4. The van der Waals surface area contributed by atoms with Gasteiger partial charge in [-0.1, -0.05) is 0 Å². The molecule has 0 saturated carbocycles. The molecule has 248 valence electrons. The standard InChI is InChI=1S/C23H29.C15H10Cl4.C5H5.Zr/c1-14-9-16-11-17-10-15(2)21(23(6,7)8)13-19(17)18(16)12-20(14)22(3,4)5;1-8-10(4-12(16)6-14(8)18)3-11-5-13(17)7-15(19)9(11)2;1-2-4-5-3-1;/h9-13H,1-8H3;4-7H,1-2H3;1-3H,4H2;. The van der Waals surface area contributed by atoms with E-state index in [4.69, 9.17) is 46.4 Å². The number of fused-ring (bicyclic) bond motifs is 3. The summed E-state index contributed by atoms with van der Waals surface area (Å²) in [6, 6.07) is 18.0. The van der Waals surface area contributed by atoms with E-state index in [1.807, 2.05) is 12.1 Å². The summed E-state index contributed by atoms with van der Waals surface area (Å²) in [6.45, 7) is 22.8. The van der Waals surface area contributed by atoms with Gasteiger partial charge < -0.3 is 0 Å². The third-order valence-electron chi connectivity index (χ3n) is 10.2. The molecule has 0 fully saturated rings. The number of rotatable bonds is 4. The molecule has 0 radical (unpaired) electrons. The Kier molecular flexibility index (Phi) is 9.85. The molecule has 2 aliphatic rings. The van der Waals surface area contributed by atoms with Crippen LogP contribution in [0.1, 0.15) is 107 Å². The van der Waals surface area contributed by atoms with Crippen molar-refractivity contribution < 1.29 is 21.3 Å². The Bertz CT molecular complexity index is 1970. The van der Waals surface area contributed by atoms with Crippen LogP contribution in [0, 0.1) is 27.7 Å². The number of halogens is 4. The van der Waals surface area contributed by atoms with Crippen molar-refractivity contribution in [2.45, 2.75) is 90.1 Å². The van der Waals surface area contributed by atoms with E-state index in [2.05, 4.69) is 124 Å². The van der Waals surface area contributed by atoms with Gasteiger partial charge in [0, 0.05) is 0 Å². The van der Waals surface area contributed by atoms with Crippen LogP contribution >= 0.6 is 46.4 Å². The van der Waals surface area contributed by atoms with Crippen LogP contribution in [0.15, 0.2) is 70.0 Å². The van der Waals surface area contributed by atoms with Crippen molar-refractivity contribution in [3.63, 3.8) is 0 Å². The minimum absolute atomic E-state index is 0.0228. The molecule has 0 saturated heterocycles. The predicted octanol–water partition coefficient (Wildman–Crippen LogP) is 13.9. The minimum atomic E-state index is -3.09. The molecule has 0 N–H and O–H groups in total. The van der Waals surface area contributed by atoms with Gasteiger partial charge in [0.25, 0.3) is 0 Å². The zero-order valence-corrected chi connectivity index (χ0v) is 35.1. The van der Waals surface area contributed by atoms with Crippen molar-refractivity contribution >= 4 is 49.6 Å². The van der Waals surface area contributed by atoms with E-state index in [0.717, 1.165) is 28.7 Å². The zero-order chi connectivity index (χ0) is 35.0. The first-order valence-corrected chi connectivity index (χ1v) is 22.1. The quantitative estimate of drug-likeness (QED) is 0.193. The van der Waals surface area contributed by atoms with Crippen LogP contribution in [0.2, 0.25) is 20.1 Å². The molecule has 0 aliphatic heterocycles. The summed E-state index contributed by atoms with van der Waals surface area (Å²) in [6.07, 6.45) is 7.88. The molecular formula is C43H44Cl4Zr. The molecule has 0 atom stereocenters. The fourth-order valence-electron chi connectivity index (χ4n) is 7.88. The second-order valence-electron chi connectivity index (χ2n) is 15.7. The number of aryl methyl sites for hydroxylation is 2. The van der Waals surface area contributed by atoms with Gasteiger partial charge in [0.2, 0.25) is 0 Å². The third-order valence-corrected chi connectivity index (χ3v) is 19.6. The van der Waals surface area contributed by atoms with E-state index in [9.17, 15) is 0 Å². The van der Waals surface area contributed by atoms with E-state index in [-0.39, 0.29) is 14.5 Å². The summed E-state index contributed by atoms with van der Waals surface area (Å²) in [5.74, 6) is 0. The van der Waals surface area contributed by atoms with Crippen LogP contribution in [-0.4, -0.2) is 3.21 Å². The molecule has 5 heteroatoms. The number of benzene rings is 4. The Labute approximate surface area is 315 Å². The number of hydrogen-bond acceptors (Lipinski definition) is 0. The van der Waals surface area contributed by atoms with E-state index < -0.39 is 21.3 Å². The molecule has 0 amide bonds. The van der Waals surface area contributed by atoms with E-state index in [1.165, 1.54) is 51.0 Å². The van der Waals surface area contributed by atoms with Crippen molar-refractivity contribution in [2.75, 3.05) is 0 Å². The normalized spacial score (nSPS) is 14.3. The second-order valence-corrected chi connectivity index (χ2v) is 23.6. The fourth-order valence-corrected chi connectivity index (χ4v) is 18.2.